The lowest BCUT2D eigenvalue weighted by Gasteiger charge is -2.00. The lowest BCUT2D eigenvalue weighted by atomic mass is 10.2. The number of hydrogen-bond donors (Lipinski definition) is 0. The molecule has 0 spiro atoms. The third kappa shape index (κ3) is 4.25. The van der Waals surface area contributed by atoms with Gasteiger partial charge in [-0.15, -0.1) is 6.58 Å². The zero-order chi connectivity index (χ0) is 6.41. The molecule has 0 aliphatic heterocycles. The van der Waals surface area contributed by atoms with Gasteiger partial charge in [-0.2, -0.15) is 11.8 Å². The van der Waals surface area contributed by atoms with Crippen molar-refractivity contribution in [2.24, 2.45) is 5.92 Å². The highest BCUT2D eigenvalue weighted by atomic mass is 32.2. The molecule has 8 heavy (non-hydrogen) atoms. The van der Waals surface area contributed by atoms with Crippen LogP contribution in [0.2, 0.25) is 0 Å². The van der Waals surface area contributed by atoms with Crippen LogP contribution in [0.25, 0.3) is 0 Å². The SMILES string of the molecule is [CH2]CSCC(C)C=C. The van der Waals surface area contributed by atoms with Crippen molar-refractivity contribution in [3.05, 3.63) is 19.6 Å². The van der Waals surface area contributed by atoms with Crippen molar-refractivity contribution in [3.8, 4) is 0 Å². The normalized spacial score (nSPS) is 13.2. The Bertz CT molecular complexity index is 59.4. The van der Waals surface area contributed by atoms with Gasteiger partial charge in [0.15, 0.2) is 0 Å². The Hall–Kier alpha value is 0.0900. The van der Waals surface area contributed by atoms with Gasteiger partial charge in [0.2, 0.25) is 0 Å². The van der Waals surface area contributed by atoms with Gasteiger partial charge in [-0.25, -0.2) is 0 Å². The van der Waals surface area contributed by atoms with E-state index in [0.717, 1.165) is 11.5 Å². The highest BCUT2D eigenvalue weighted by Crippen LogP contribution is 2.06. The Kier molecular flexibility index (Phi) is 5.29. The Morgan fingerprint density at radius 2 is 2.38 bits per heavy atom. The lowest BCUT2D eigenvalue weighted by molar-refractivity contribution is 0.850. The number of thioether (sulfide) groups is 1. The highest BCUT2D eigenvalue weighted by Gasteiger charge is 1.91. The summed E-state index contributed by atoms with van der Waals surface area (Å²) >= 11 is 1.86. The minimum absolute atomic E-state index is 0.641. The predicted octanol–water partition coefficient (Wildman–Crippen LogP) is 2.38. The van der Waals surface area contributed by atoms with E-state index >= 15 is 0 Å². The van der Waals surface area contributed by atoms with Crippen molar-refractivity contribution in [2.75, 3.05) is 11.5 Å². The molecule has 0 N–H and O–H groups in total. The summed E-state index contributed by atoms with van der Waals surface area (Å²) in [5.74, 6) is 2.77. The maximum Gasteiger partial charge on any atom is -0.000722 e. The molecule has 0 saturated heterocycles. The van der Waals surface area contributed by atoms with Crippen LogP contribution in [0.15, 0.2) is 12.7 Å². The van der Waals surface area contributed by atoms with Crippen molar-refractivity contribution in [2.45, 2.75) is 6.92 Å². The van der Waals surface area contributed by atoms with Gasteiger partial charge >= 0.3 is 0 Å². The van der Waals surface area contributed by atoms with Crippen LogP contribution in [-0.2, 0) is 0 Å². The monoisotopic (exact) mass is 129 g/mol. The maximum atomic E-state index is 3.72. The summed E-state index contributed by atoms with van der Waals surface area (Å²) in [5, 5.41) is 0. The van der Waals surface area contributed by atoms with Gasteiger partial charge in [-0.05, 0) is 24.3 Å². The molecule has 1 radical (unpaired) electrons. The van der Waals surface area contributed by atoms with Gasteiger partial charge in [0, 0.05) is 0 Å². The van der Waals surface area contributed by atoms with Crippen LogP contribution in [0.4, 0.5) is 0 Å². The van der Waals surface area contributed by atoms with E-state index in [1.807, 2.05) is 17.8 Å². The van der Waals surface area contributed by atoms with Crippen molar-refractivity contribution in [1.82, 2.24) is 0 Å². The topological polar surface area (TPSA) is 0 Å². The van der Waals surface area contributed by atoms with E-state index in [0.29, 0.717) is 5.92 Å². The smallest absolute Gasteiger partial charge is 0.000722 e. The molecule has 0 aromatic carbocycles. The molecule has 1 unspecified atom stereocenters. The van der Waals surface area contributed by atoms with E-state index in [1.54, 1.807) is 0 Å². The minimum atomic E-state index is 0.641. The quantitative estimate of drug-likeness (QED) is 0.525. The largest absolute Gasteiger partial charge is 0.161 e. The summed E-state index contributed by atoms with van der Waals surface area (Å²) in [6.45, 7) is 9.56. The van der Waals surface area contributed by atoms with E-state index in [-0.39, 0.29) is 0 Å². The van der Waals surface area contributed by atoms with Crippen LogP contribution in [0.5, 0.6) is 0 Å². The third-order valence-corrected chi connectivity index (χ3v) is 1.98. The summed E-state index contributed by atoms with van der Waals surface area (Å²) in [5.41, 5.74) is 0. The molecule has 0 saturated carbocycles. The summed E-state index contributed by atoms with van der Waals surface area (Å²) in [6.07, 6.45) is 1.97. The number of allylic oxidation sites excluding steroid dienone is 1. The van der Waals surface area contributed by atoms with Crippen molar-refractivity contribution in [3.63, 3.8) is 0 Å². The second-order valence-electron chi connectivity index (χ2n) is 1.79. The first-order valence-electron chi connectivity index (χ1n) is 2.80. The van der Waals surface area contributed by atoms with Crippen LogP contribution in [0, 0.1) is 12.8 Å². The third-order valence-electron chi connectivity index (χ3n) is 0.927. The molecule has 1 atom stereocenters. The second-order valence-corrected chi connectivity index (χ2v) is 2.94. The highest BCUT2D eigenvalue weighted by molar-refractivity contribution is 7.99. The summed E-state index contributed by atoms with van der Waals surface area (Å²) in [7, 11) is 0. The van der Waals surface area contributed by atoms with E-state index in [2.05, 4.69) is 20.4 Å². The molecule has 0 aromatic rings. The predicted molar refractivity (Wildman–Crippen MR) is 42.0 cm³/mol. The first kappa shape index (κ1) is 8.09. The van der Waals surface area contributed by atoms with Gasteiger partial charge in [0.05, 0.1) is 0 Å². The Morgan fingerprint density at radius 1 is 1.75 bits per heavy atom. The van der Waals surface area contributed by atoms with Gasteiger partial charge in [0.1, 0.15) is 0 Å². The van der Waals surface area contributed by atoms with E-state index < -0.39 is 0 Å². The van der Waals surface area contributed by atoms with Gasteiger partial charge < -0.3 is 0 Å². The van der Waals surface area contributed by atoms with E-state index in [4.69, 9.17) is 0 Å². The molecule has 0 aliphatic rings. The fourth-order valence-corrected chi connectivity index (χ4v) is 1.01. The summed E-state index contributed by atoms with van der Waals surface area (Å²) in [6, 6.07) is 0. The van der Waals surface area contributed by atoms with E-state index in [1.165, 1.54) is 0 Å². The zero-order valence-electron chi connectivity index (χ0n) is 5.39. The molecule has 1 heteroatoms. The van der Waals surface area contributed by atoms with Crippen molar-refractivity contribution < 1.29 is 0 Å². The van der Waals surface area contributed by atoms with Gasteiger partial charge in [0.25, 0.3) is 0 Å². The van der Waals surface area contributed by atoms with Crippen LogP contribution in [0.1, 0.15) is 6.92 Å². The minimum Gasteiger partial charge on any atom is -0.161 e. The molecule has 0 nitrogen and oxygen atoms in total. The first-order valence-corrected chi connectivity index (χ1v) is 3.96. The number of rotatable bonds is 4. The van der Waals surface area contributed by atoms with Gasteiger partial charge in [-0.3, -0.25) is 0 Å². The molecule has 0 bridgehead atoms. The maximum absolute atomic E-state index is 3.72. The summed E-state index contributed by atoms with van der Waals surface area (Å²) < 4.78 is 0. The fourth-order valence-electron chi connectivity index (χ4n) is 0.337. The van der Waals surface area contributed by atoms with Gasteiger partial charge in [-0.1, -0.05) is 13.0 Å². The molecule has 0 aliphatic carbocycles. The molecule has 0 amide bonds. The first-order chi connectivity index (χ1) is 3.81. The lowest BCUT2D eigenvalue weighted by Crippen LogP contribution is -1.91. The van der Waals surface area contributed by atoms with Crippen LogP contribution < -0.4 is 0 Å². The average Bonchev–Trinajstić information content (AvgIpc) is 1.83. The zero-order valence-corrected chi connectivity index (χ0v) is 6.21. The Balaban J connectivity index is 2.98. The second kappa shape index (κ2) is 5.23. The molecule has 0 aromatic heterocycles. The van der Waals surface area contributed by atoms with Crippen molar-refractivity contribution in [1.29, 1.82) is 0 Å². The molecule has 47 valence electrons. The summed E-state index contributed by atoms with van der Waals surface area (Å²) in [4.78, 5) is 0. The molecule has 0 rings (SSSR count). The Labute approximate surface area is 56.4 Å². The van der Waals surface area contributed by atoms with Crippen LogP contribution in [-0.4, -0.2) is 11.5 Å². The average molecular weight is 129 g/mol. The van der Waals surface area contributed by atoms with Crippen LogP contribution >= 0.6 is 11.8 Å². The number of hydrogen-bond acceptors (Lipinski definition) is 1. The fraction of sp³-hybridized carbons (Fsp3) is 0.571. The molecule has 0 fully saturated rings. The Morgan fingerprint density at radius 3 is 2.75 bits per heavy atom. The molecular formula is C7H13S. The van der Waals surface area contributed by atoms with Crippen molar-refractivity contribution >= 4 is 11.8 Å². The van der Waals surface area contributed by atoms with Crippen LogP contribution in [0.3, 0.4) is 0 Å². The van der Waals surface area contributed by atoms with E-state index in [9.17, 15) is 0 Å². The molecular weight excluding hydrogens is 116 g/mol. The standard InChI is InChI=1S/C7H13S/c1-4-7(3)6-8-5-2/h4,7H,1-2,5-6H2,3H3. The molecule has 0 heterocycles.